The first-order chi connectivity index (χ1) is 9.68. The van der Waals surface area contributed by atoms with Crippen LogP contribution >= 0.6 is 11.8 Å². The van der Waals surface area contributed by atoms with Crippen molar-refractivity contribution in [3.8, 4) is 0 Å². The van der Waals surface area contributed by atoms with Crippen molar-refractivity contribution in [2.24, 2.45) is 5.41 Å². The maximum Gasteiger partial charge on any atom is 0.0587 e. The molecule has 0 aromatic heterocycles. The van der Waals surface area contributed by atoms with Gasteiger partial charge in [0.1, 0.15) is 0 Å². The summed E-state index contributed by atoms with van der Waals surface area (Å²) in [6.07, 6.45) is 2.49. The molecule has 1 heterocycles. The van der Waals surface area contributed by atoms with Crippen molar-refractivity contribution in [3.63, 3.8) is 0 Å². The van der Waals surface area contributed by atoms with E-state index in [1.165, 1.54) is 23.5 Å². The lowest BCUT2D eigenvalue weighted by Gasteiger charge is -2.31. The monoisotopic (exact) mass is 293 g/mol. The SMILES string of the molecule is CCC(C)(CNCCOC)CC1CSc2ccccc21. The highest BCUT2D eigenvalue weighted by Crippen LogP contribution is 2.45. The van der Waals surface area contributed by atoms with Crippen molar-refractivity contribution in [2.45, 2.75) is 37.5 Å². The number of hydrogen-bond donors (Lipinski definition) is 1. The van der Waals surface area contributed by atoms with E-state index in [0.717, 1.165) is 19.7 Å². The lowest BCUT2D eigenvalue weighted by atomic mass is 9.77. The second-order valence-electron chi connectivity index (χ2n) is 6.08. The minimum absolute atomic E-state index is 0.371. The summed E-state index contributed by atoms with van der Waals surface area (Å²) in [7, 11) is 1.76. The Bertz CT molecular complexity index is 423. The number of thioether (sulfide) groups is 1. The molecule has 1 N–H and O–H groups in total. The van der Waals surface area contributed by atoms with Crippen LogP contribution in [0.25, 0.3) is 0 Å². The van der Waals surface area contributed by atoms with Gasteiger partial charge in [-0.05, 0) is 35.8 Å². The summed E-state index contributed by atoms with van der Waals surface area (Å²) in [5, 5.41) is 3.54. The third-order valence-electron chi connectivity index (χ3n) is 4.43. The summed E-state index contributed by atoms with van der Waals surface area (Å²) in [6, 6.07) is 8.91. The van der Waals surface area contributed by atoms with Gasteiger partial charge in [0, 0.05) is 30.8 Å². The molecule has 0 fully saturated rings. The van der Waals surface area contributed by atoms with Crippen LogP contribution in [0.2, 0.25) is 0 Å². The van der Waals surface area contributed by atoms with Crippen LogP contribution in [0.3, 0.4) is 0 Å². The molecule has 2 rings (SSSR count). The Balaban J connectivity index is 1.93. The van der Waals surface area contributed by atoms with E-state index in [9.17, 15) is 0 Å². The van der Waals surface area contributed by atoms with E-state index in [1.54, 1.807) is 12.7 Å². The van der Waals surface area contributed by atoms with Crippen LogP contribution in [0.5, 0.6) is 0 Å². The van der Waals surface area contributed by atoms with Crippen molar-refractivity contribution < 1.29 is 4.74 Å². The molecule has 20 heavy (non-hydrogen) atoms. The fraction of sp³-hybridized carbons (Fsp3) is 0.647. The molecule has 0 bridgehead atoms. The predicted molar refractivity (Wildman–Crippen MR) is 87.7 cm³/mol. The largest absolute Gasteiger partial charge is 0.383 e. The zero-order chi connectivity index (χ0) is 14.4. The van der Waals surface area contributed by atoms with E-state index in [4.69, 9.17) is 4.74 Å². The van der Waals surface area contributed by atoms with Crippen LogP contribution < -0.4 is 5.32 Å². The molecule has 0 aliphatic carbocycles. The summed E-state index contributed by atoms with van der Waals surface area (Å²) in [4.78, 5) is 1.49. The Morgan fingerprint density at radius 3 is 2.95 bits per heavy atom. The van der Waals surface area contributed by atoms with Gasteiger partial charge in [-0.1, -0.05) is 32.0 Å². The van der Waals surface area contributed by atoms with Gasteiger partial charge in [0.25, 0.3) is 0 Å². The maximum absolute atomic E-state index is 5.10. The van der Waals surface area contributed by atoms with Crippen LogP contribution in [-0.2, 0) is 4.74 Å². The van der Waals surface area contributed by atoms with Gasteiger partial charge < -0.3 is 10.1 Å². The molecule has 1 aromatic rings. The maximum atomic E-state index is 5.10. The molecular formula is C17H27NOS. The second kappa shape index (κ2) is 7.48. The molecular weight excluding hydrogens is 266 g/mol. The summed E-state index contributed by atoms with van der Waals surface area (Å²) in [5.74, 6) is 1.96. The average molecular weight is 293 g/mol. The number of hydrogen-bond acceptors (Lipinski definition) is 3. The lowest BCUT2D eigenvalue weighted by Crippen LogP contribution is -2.34. The van der Waals surface area contributed by atoms with Crippen molar-refractivity contribution in [3.05, 3.63) is 29.8 Å². The van der Waals surface area contributed by atoms with Crippen LogP contribution in [-0.4, -0.2) is 32.6 Å². The van der Waals surface area contributed by atoms with E-state index < -0.39 is 0 Å². The van der Waals surface area contributed by atoms with Gasteiger partial charge in [0.2, 0.25) is 0 Å². The molecule has 0 radical (unpaired) electrons. The van der Waals surface area contributed by atoms with Gasteiger partial charge in [0.05, 0.1) is 6.61 Å². The van der Waals surface area contributed by atoms with E-state index in [2.05, 4.69) is 43.4 Å². The highest BCUT2D eigenvalue weighted by atomic mass is 32.2. The van der Waals surface area contributed by atoms with E-state index in [-0.39, 0.29) is 0 Å². The van der Waals surface area contributed by atoms with Crippen LogP contribution in [0.15, 0.2) is 29.2 Å². The summed E-state index contributed by atoms with van der Waals surface area (Å²) in [5.41, 5.74) is 1.94. The second-order valence-corrected chi connectivity index (χ2v) is 7.15. The van der Waals surface area contributed by atoms with Crippen molar-refractivity contribution in [1.82, 2.24) is 5.32 Å². The smallest absolute Gasteiger partial charge is 0.0587 e. The van der Waals surface area contributed by atoms with Crippen molar-refractivity contribution >= 4 is 11.8 Å². The first-order valence-corrected chi connectivity index (χ1v) is 8.58. The third kappa shape index (κ3) is 4.00. The average Bonchev–Trinajstić information content (AvgIpc) is 2.87. The van der Waals surface area contributed by atoms with Crippen LogP contribution in [0, 0.1) is 5.41 Å². The Morgan fingerprint density at radius 2 is 2.20 bits per heavy atom. The molecule has 0 saturated heterocycles. The topological polar surface area (TPSA) is 21.3 Å². The van der Waals surface area contributed by atoms with Gasteiger partial charge in [0.15, 0.2) is 0 Å². The molecule has 1 aliphatic rings. The number of nitrogens with one attached hydrogen (secondary N) is 1. The van der Waals surface area contributed by atoms with E-state index in [1.807, 2.05) is 11.8 Å². The Morgan fingerprint density at radius 1 is 1.40 bits per heavy atom. The molecule has 1 aromatic carbocycles. The van der Waals surface area contributed by atoms with Gasteiger partial charge in [-0.2, -0.15) is 0 Å². The highest BCUT2D eigenvalue weighted by molar-refractivity contribution is 7.99. The molecule has 0 saturated carbocycles. The molecule has 112 valence electrons. The predicted octanol–water partition coefficient (Wildman–Crippen LogP) is 3.92. The number of methoxy groups -OCH3 is 1. The summed E-state index contributed by atoms with van der Waals surface area (Å²) >= 11 is 2.02. The van der Waals surface area contributed by atoms with Crippen molar-refractivity contribution in [1.29, 1.82) is 0 Å². The van der Waals surface area contributed by atoms with E-state index >= 15 is 0 Å². The molecule has 3 heteroatoms. The zero-order valence-corrected chi connectivity index (χ0v) is 13.8. The minimum Gasteiger partial charge on any atom is -0.383 e. The van der Waals surface area contributed by atoms with Gasteiger partial charge >= 0.3 is 0 Å². The lowest BCUT2D eigenvalue weighted by molar-refractivity contribution is 0.187. The van der Waals surface area contributed by atoms with E-state index in [0.29, 0.717) is 11.3 Å². The standard InChI is InChI=1S/C17H27NOS/c1-4-17(2,13-18-9-10-19-3)11-14-12-20-16-8-6-5-7-15(14)16/h5-8,14,18H,4,9-13H2,1-3H3. The molecule has 2 unspecified atom stereocenters. The van der Waals surface area contributed by atoms with Crippen molar-refractivity contribution in [2.75, 3.05) is 32.6 Å². The first kappa shape index (κ1) is 15.9. The van der Waals surface area contributed by atoms with Gasteiger partial charge in [-0.15, -0.1) is 11.8 Å². The first-order valence-electron chi connectivity index (χ1n) is 7.60. The molecule has 0 spiro atoms. The number of fused-ring (bicyclic) bond motifs is 1. The quantitative estimate of drug-likeness (QED) is 0.734. The third-order valence-corrected chi connectivity index (χ3v) is 5.68. The van der Waals surface area contributed by atoms with Gasteiger partial charge in [-0.25, -0.2) is 0 Å². The molecule has 1 aliphatic heterocycles. The molecule has 2 atom stereocenters. The van der Waals surface area contributed by atoms with Gasteiger partial charge in [-0.3, -0.25) is 0 Å². The molecule has 0 amide bonds. The fourth-order valence-corrected chi connectivity index (χ4v) is 4.15. The summed E-state index contributed by atoms with van der Waals surface area (Å²) < 4.78 is 5.10. The normalized spacial score (nSPS) is 20.6. The zero-order valence-electron chi connectivity index (χ0n) is 12.9. The van der Waals surface area contributed by atoms with Crippen LogP contribution in [0.1, 0.15) is 38.2 Å². The minimum atomic E-state index is 0.371. The number of rotatable bonds is 8. The molecule has 2 nitrogen and oxygen atoms in total. The number of benzene rings is 1. The summed E-state index contributed by atoms with van der Waals surface area (Å²) in [6.45, 7) is 7.55. The van der Waals surface area contributed by atoms with Crippen LogP contribution in [0.4, 0.5) is 0 Å². The Labute approximate surface area is 127 Å². The number of ether oxygens (including phenoxy) is 1. The highest BCUT2D eigenvalue weighted by Gasteiger charge is 2.31. The Kier molecular flexibility index (Phi) is 5.94. The Hall–Kier alpha value is -0.510. The fourth-order valence-electron chi connectivity index (χ4n) is 2.90.